The second-order valence-electron chi connectivity index (χ2n) is 4.03. The summed E-state index contributed by atoms with van der Waals surface area (Å²) in [6.45, 7) is 1.94. The van der Waals surface area contributed by atoms with E-state index in [9.17, 15) is 10.0 Å². The van der Waals surface area contributed by atoms with Crippen molar-refractivity contribution in [2.24, 2.45) is 0 Å². The Morgan fingerprint density at radius 1 is 1.53 bits per heavy atom. The minimum Gasteiger partial charge on any atom is -0.467 e. The van der Waals surface area contributed by atoms with Gasteiger partial charge in [-0.05, 0) is 12.5 Å². The fourth-order valence-electron chi connectivity index (χ4n) is 1.93. The molecule has 0 spiro atoms. The van der Waals surface area contributed by atoms with Crippen LogP contribution >= 0.6 is 0 Å². The summed E-state index contributed by atoms with van der Waals surface area (Å²) in [5.74, 6) is -0.743. The van der Waals surface area contributed by atoms with Crippen LogP contribution in [0.25, 0.3) is 0 Å². The minimum atomic E-state index is -1.59. The van der Waals surface area contributed by atoms with Crippen LogP contribution in [0, 0.1) is 18.3 Å². The Morgan fingerprint density at radius 3 is 2.59 bits per heavy atom. The lowest BCUT2D eigenvalue weighted by molar-refractivity contribution is -0.147. The Labute approximate surface area is 98.8 Å². The topological polar surface area (TPSA) is 73.3 Å². The third-order valence-corrected chi connectivity index (χ3v) is 2.99. The number of hydrogen-bond acceptors (Lipinski definition) is 5. The van der Waals surface area contributed by atoms with Gasteiger partial charge in [-0.1, -0.05) is 29.8 Å². The largest absolute Gasteiger partial charge is 0.467 e. The van der Waals surface area contributed by atoms with E-state index in [1.54, 1.807) is 12.1 Å². The molecule has 1 aromatic carbocycles. The first-order valence-electron chi connectivity index (χ1n) is 5.12. The van der Waals surface area contributed by atoms with Crippen LogP contribution in [0.5, 0.6) is 0 Å². The monoisotopic (exact) mass is 232 g/mol. The SMILES string of the molecule is COC(=O)C1(C#N)C(c2ccc(C)cc2)N1O. The van der Waals surface area contributed by atoms with Crippen molar-refractivity contribution in [2.45, 2.75) is 18.5 Å². The Bertz CT molecular complexity index is 491. The summed E-state index contributed by atoms with van der Waals surface area (Å²) in [5.41, 5.74) is 0.189. The average Bonchev–Trinajstić information content (AvgIpc) is 2.95. The number of aryl methyl sites for hydroxylation is 1. The van der Waals surface area contributed by atoms with Crippen molar-refractivity contribution in [1.29, 1.82) is 5.26 Å². The van der Waals surface area contributed by atoms with Crippen molar-refractivity contribution in [2.75, 3.05) is 7.11 Å². The summed E-state index contributed by atoms with van der Waals surface area (Å²) in [4.78, 5) is 11.5. The lowest BCUT2D eigenvalue weighted by atomic mass is 10.00. The second-order valence-corrected chi connectivity index (χ2v) is 4.03. The highest BCUT2D eigenvalue weighted by molar-refractivity contribution is 5.89. The molecular formula is C12H12N2O3. The van der Waals surface area contributed by atoms with Gasteiger partial charge in [0, 0.05) is 0 Å². The van der Waals surface area contributed by atoms with Gasteiger partial charge in [0.2, 0.25) is 0 Å². The van der Waals surface area contributed by atoms with E-state index in [0.29, 0.717) is 5.56 Å². The zero-order chi connectivity index (χ0) is 12.6. The number of benzene rings is 1. The smallest absolute Gasteiger partial charge is 0.345 e. The number of methoxy groups -OCH3 is 1. The molecule has 3 unspecified atom stereocenters. The van der Waals surface area contributed by atoms with Gasteiger partial charge in [-0.25, -0.2) is 4.79 Å². The maximum absolute atomic E-state index is 11.5. The van der Waals surface area contributed by atoms with E-state index in [0.717, 1.165) is 10.6 Å². The molecule has 5 nitrogen and oxygen atoms in total. The minimum absolute atomic E-state index is 0.652. The lowest BCUT2D eigenvalue weighted by Gasteiger charge is -2.03. The van der Waals surface area contributed by atoms with Gasteiger partial charge in [0.05, 0.1) is 7.11 Å². The van der Waals surface area contributed by atoms with Crippen LogP contribution < -0.4 is 0 Å². The predicted molar refractivity (Wildman–Crippen MR) is 57.9 cm³/mol. The Kier molecular flexibility index (Phi) is 2.62. The molecule has 0 aromatic heterocycles. The first-order chi connectivity index (χ1) is 8.07. The van der Waals surface area contributed by atoms with E-state index in [1.165, 1.54) is 7.11 Å². The molecule has 5 heteroatoms. The molecule has 1 aliphatic rings. The number of esters is 1. The van der Waals surface area contributed by atoms with Gasteiger partial charge < -0.3 is 9.94 Å². The van der Waals surface area contributed by atoms with E-state index >= 15 is 0 Å². The van der Waals surface area contributed by atoms with Crippen LogP contribution in [0.4, 0.5) is 0 Å². The van der Waals surface area contributed by atoms with Crippen molar-refractivity contribution in [1.82, 2.24) is 5.06 Å². The van der Waals surface area contributed by atoms with E-state index in [4.69, 9.17) is 5.26 Å². The number of nitrogens with zero attached hydrogens (tertiary/aromatic N) is 2. The second kappa shape index (κ2) is 3.84. The molecule has 3 atom stereocenters. The fraction of sp³-hybridized carbons (Fsp3) is 0.333. The van der Waals surface area contributed by atoms with Gasteiger partial charge in [0.25, 0.3) is 5.54 Å². The number of hydrogen-bond donors (Lipinski definition) is 1. The zero-order valence-corrected chi connectivity index (χ0v) is 9.54. The number of ether oxygens (including phenoxy) is 1. The number of carbonyl (C=O) groups is 1. The van der Waals surface area contributed by atoms with Gasteiger partial charge in [-0.15, -0.1) is 5.06 Å². The molecule has 1 aliphatic heterocycles. The average molecular weight is 232 g/mol. The first kappa shape index (κ1) is 11.6. The first-order valence-corrected chi connectivity index (χ1v) is 5.12. The van der Waals surface area contributed by atoms with Gasteiger partial charge in [-0.3, -0.25) is 0 Å². The number of hydroxylamine groups is 2. The van der Waals surface area contributed by atoms with Crippen molar-refractivity contribution in [3.8, 4) is 6.07 Å². The van der Waals surface area contributed by atoms with Gasteiger partial charge in [0.15, 0.2) is 0 Å². The molecule has 88 valence electrons. The Morgan fingerprint density at radius 2 is 2.12 bits per heavy atom. The molecule has 17 heavy (non-hydrogen) atoms. The van der Waals surface area contributed by atoms with Crippen LogP contribution in [-0.4, -0.2) is 28.9 Å². The van der Waals surface area contributed by atoms with Gasteiger partial charge in [0.1, 0.15) is 12.1 Å². The molecule has 1 saturated heterocycles. The van der Waals surface area contributed by atoms with Crippen LogP contribution in [0.2, 0.25) is 0 Å². The summed E-state index contributed by atoms with van der Waals surface area (Å²) >= 11 is 0. The normalized spacial score (nSPS) is 30.5. The van der Waals surface area contributed by atoms with Crippen LogP contribution in [0.1, 0.15) is 17.2 Å². The molecule has 0 radical (unpaired) electrons. The molecule has 1 fully saturated rings. The van der Waals surface area contributed by atoms with Crippen molar-refractivity contribution in [3.63, 3.8) is 0 Å². The van der Waals surface area contributed by atoms with Crippen LogP contribution in [0.15, 0.2) is 24.3 Å². The summed E-state index contributed by atoms with van der Waals surface area (Å²) in [6.07, 6.45) is 0. The molecule has 0 saturated carbocycles. The molecular weight excluding hydrogens is 220 g/mol. The van der Waals surface area contributed by atoms with Gasteiger partial charge in [-0.2, -0.15) is 5.26 Å². The molecule has 0 aliphatic carbocycles. The van der Waals surface area contributed by atoms with E-state index in [1.807, 2.05) is 25.1 Å². The van der Waals surface area contributed by atoms with Crippen molar-refractivity contribution >= 4 is 5.97 Å². The Hall–Kier alpha value is -1.90. The predicted octanol–water partition coefficient (Wildman–Crippen LogP) is 1.18. The fourth-order valence-corrected chi connectivity index (χ4v) is 1.93. The number of nitriles is 1. The third kappa shape index (κ3) is 1.50. The van der Waals surface area contributed by atoms with Crippen LogP contribution in [0.3, 0.4) is 0 Å². The maximum atomic E-state index is 11.5. The standard InChI is InChI=1S/C12H12N2O3/c1-8-3-5-9(6-4-8)10-12(7-13,14(10)16)11(15)17-2/h3-6,10,16H,1-2H3. The number of rotatable bonds is 2. The summed E-state index contributed by atoms with van der Waals surface area (Å²) in [6, 6.07) is 8.46. The number of carbonyl (C=O) groups excluding carboxylic acids is 1. The quantitative estimate of drug-likeness (QED) is 0.612. The third-order valence-electron chi connectivity index (χ3n) is 2.99. The summed E-state index contributed by atoms with van der Waals surface area (Å²) in [5, 5.41) is 19.5. The molecule has 0 amide bonds. The van der Waals surface area contributed by atoms with Crippen LogP contribution in [-0.2, 0) is 9.53 Å². The lowest BCUT2D eigenvalue weighted by Crippen LogP contribution is -2.28. The van der Waals surface area contributed by atoms with E-state index < -0.39 is 17.6 Å². The molecule has 1 aromatic rings. The highest BCUT2D eigenvalue weighted by atomic mass is 16.6. The van der Waals surface area contributed by atoms with Gasteiger partial charge >= 0.3 is 5.97 Å². The molecule has 1 N–H and O–H groups in total. The molecule has 0 bridgehead atoms. The summed E-state index contributed by atoms with van der Waals surface area (Å²) in [7, 11) is 1.19. The highest BCUT2D eigenvalue weighted by Crippen LogP contribution is 2.51. The molecule has 1 heterocycles. The Balaban J connectivity index is 2.34. The van der Waals surface area contributed by atoms with Crippen molar-refractivity contribution in [3.05, 3.63) is 35.4 Å². The highest BCUT2D eigenvalue weighted by Gasteiger charge is 2.71. The van der Waals surface area contributed by atoms with Crippen molar-refractivity contribution < 1.29 is 14.7 Å². The van der Waals surface area contributed by atoms with E-state index in [-0.39, 0.29) is 0 Å². The summed E-state index contributed by atoms with van der Waals surface area (Å²) < 4.78 is 4.55. The van der Waals surface area contributed by atoms with E-state index in [2.05, 4.69) is 4.74 Å². The maximum Gasteiger partial charge on any atom is 0.345 e. The molecule has 2 rings (SSSR count). The zero-order valence-electron chi connectivity index (χ0n) is 9.54.